The quantitative estimate of drug-likeness (QED) is 0.0239. The molecule has 27 nitrogen and oxygen atoms in total. The Balaban J connectivity index is 0.000000128. The molecule has 15 N–H and O–H groups in total. The van der Waals surface area contributed by atoms with E-state index in [2.05, 4.69) is 190 Å². The zero-order valence-corrected chi connectivity index (χ0v) is 75.8. The molecule has 0 bridgehead atoms. The fourth-order valence-corrected chi connectivity index (χ4v) is 22.1. The van der Waals surface area contributed by atoms with Crippen molar-refractivity contribution in [2.24, 2.45) is 47.3 Å². The van der Waals surface area contributed by atoms with Crippen molar-refractivity contribution in [1.29, 1.82) is 0 Å². The van der Waals surface area contributed by atoms with E-state index in [0.29, 0.717) is 71.4 Å². The minimum Gasteiger partial charge on any atom is -0.390 e. The van der Waals surface area contributed by atoms with Gasteiger partial charge in [0.2, 0.25) is 0 Å². The number of hydrogen-bond donors (Lipinski definition) is 12. The molecule has 0 aliphatic heterocycles. The first-order valence-electron chi connectivity index (χ1n) is 47.3. The van der Waals surface area contributed by atoms with E-state index < -0.39 is 36.6 Å². The van der Waals surface area contributed by atoms with Crippen LogP contribution in [-0.4, -0.2) is 212 Å². The van der Waals surface area contributed by atoms with Gasteiger partial charge < -0.3 is 76.5 Å². The third-order valence-electron chi connectivity index (χ3n) is 30.7. The number of hydrogen-bond acceptors (Lipinski definition) is 21. The summed E-state index contributed by atoms with van der Waals surface area (Å²) in [5, 5.41) is 69.1. The van der Waals surface area contributed by atoms with Gasteiger partial charge in [-0.15, -0.1) is 0 Å². The van der Waals surface area contributed by atoms with Gasteiger partial charge in [-0.1, -0.05) is 86.9 Å². The molecule has 0 spiro atoms. The van der Waals surface area contributed by atoms with E-state index in [9.17, 15) is 30.6 Å². The number of rotatable bonds is 26. The number of benzene rings is 3. The van der Waals surface area contributed by atoms with Crippen LogP contribution in [0.3, 0.4) is 0 Å². The number of aryl methyl sites for hydroxylation is 3. The van der Waals surface area contributed by atoms with Crippen molar-refractivity contribution in [2.45, 2.75) is 300 Å². The lowest BCUT2D eigenvalue weighted by atomic mass is 9.75. The van der Waals surface area contributed by atoms with E-state index in [1.54, 1.807) is 0 Å². The number of aromatic amines is 3. The summed E-state index contributed by atoms with van der Waals surface area (Å²) in [5.74, 6) is 8.23. The molecule has 0 amide bonds. The lowest BCUT2D eigenvalue weighted by molar-refractivity contribution is -0.0180. The highest BCUT2D eigenvalue weighted by atomic mass is 16.3. The minimum atomic E-state index is -0.849. The van der Waals surface area contributed by atoms with Crippen LogP contribution in [0, 0.1) is 47.3 Å². The second kappa shape index (κ2) is 35.4. The predicted octanol–water partition coefficient (Wildman–Crippen LogP) is 14.2. The van der Waals surface area contributed by atoms with Crippen LogP contribution in [0.2, 0.25) is 0 Å². The summed E-state index contributed by atoms with van der Waals surface area (Å²) in [7, 11) is 0. The number of H-pyrrole nitrogens is 3. The number of nitrogen functional groups attached to an aromatic ring is 3. The van der Waals surface area contributed by atoms with Gasteiger partial charge in [-0.3, -0.25) is 14.7 Å². The molecule has 674 valence electrons. The summed E-state index contributed by atoms with van der Waals surface area (Å²) in [5.41, 5.74) is 31.2. The summed E-state index contributed by atoms with van der Waals surface area (Å²) in [4.78, 5) is 58.7. The maximum atomic E-state index is 11.2. The van der Waals surface area contributed by atoms with Gasteiger partial charge in [-0.25, -0.2) is 44.9 Å². The molecule has 8 fully saturated rings. The Morgan fingerprint density at radius 1 is 0.381 bits per heavy atom. The van der Waals surface area contributed by atoms with Gasteiger partial charge >= 0.3 is 0 Å². The number of nitrogens with one attached hydrogen (secondary N) is 3. The molecular formula is C99H137N21O6. The van der Waals surface area contributed by atoms with Crippen molar-refractivity contribution in [2.75, 3.05) is 49.9 Å². The highest BCUT2D eigenvalue weighted by molar-refractivity contribution is 5.88. The highest BCUT2D eigenvalue weighted by Crippen LogP contribution is 2.48. The number of anilines is 3. The molecule has 0 unspecified atom stereocenters. The van der Waals surface area contributed by atoms with Gasteiger partial charge in [0.25, 0.3) is 0 Å². The number of aromatic nitrogens is 15. The van der Waals surface area contributed by atoms with Crippen LogP contribution in [0.15, 0.2) is 110 Å². The molecule has 126 heavy (non-hydrogen) atoms. The van der Waals surface area contributed by atoms with Crippen molar-refractivity contribution in [3.63, 3.8) is 0 Å². The lowest BCUT2D eigenvalue weighted by Crippen LogP contribution is -2.51. The predicted molar refractivity (Wildman–Crippen MR) is 497 cm³/mol. The van der Waals surface area contributed by atoms with Crippen molar-refractivity contribution < 1.29 is 30.6 Å². The Labute approximate surface area is 740 Å². The number of nitrogens with two attached hydrogens (primary N) is 3. The monoisotopic (exact) mass is 1720 g/mol. The molecule has 8 aliphatic carbocycles. The largest absolute Gasteiger partial charge is 0.390 e. The molecule has 27 heteroatoms. The standard InChI is InChI=1S/C34H47N7O2.C33H45N7O2.C32H45N7O2/c1-34(2,3)23-8-9-26-27(16-23)39-29(38-26)10-7-21-13-24(14-21)40(17-20-5-4-6-20)18-22-15-28(31(43)30(22)42)41-12-11-25-32(35)36-19-37-33(25)41;1-33(2,3)22-7-8-25-26(15-22)38-28(37-25)9-6-20-12-23(13-20)39(16-19-4-5-19)17-21-14-27(30(42)29(21)41)40-11-10-24-31(34)35-18-36-32(24)40;1-18(2)39(16-20-14-26(29(41)28(20)40)38-11-10-23-30(33)34-17-35-31(23)38)22-12-19(13-22)6-9-27-36-24-8-7-21(32(3,4)5)15-25(24)37-27/h8-9,11-12,16,19-22,24,28,30-31,42-43H,4-7,10,13-15,17-18H2,1-3H3,(H,38,39)(H2,35,36,37);7-8,10-11,15,18-21,23,27,29-30,41-42H,4-6,9,12-14,16-17H2,1-3H3,(H,37,38)(H2,34,35,36);7-8,10-11,15,17-20,22,26,28-29,40-41H,6,9,12-14,16H2,1-5H3,(H,36,37)(H2,33,34,35)/t21?,22-,24?,28-,30-,31+;20?,21-,23?,27-,29-,30+;19?,20-,22?,26-,28-,29+/m111/s1. The first-order chi connectivity index (χ1) is 60.3. The highest BCUT2D eigenvalue weighted by Gasteiger charge is 2.50. The van der Waals surface area contributed by atoms with E-state index in [0.717, 1.165) is 174 Å². The molecule has 12 atom stereocenters. The van der Waals surface area contributed by atoms with Crippen LogP contribution in [0.4, 0.5) is 17.5 Å². The summed E-state index contributed by atoms with van der Waals surface area (Å²) < 4.78 is 5.93. The topological polar surface area (TPSA) is 387 Å². The van der Waals surface area contributed by atoms with Gasteiger partial charge in [0.1, 0.15) is 89.2 Å². The van der Waals surface area contributed by atoms with E-state index >= 15 is 0 Å². The van der Waals surface area contributed by atoms with Crippen molar-refractivity contribution in [1.82, 2.24) is 88.2 Å². The fourth-order valence-electron chi connectivity index (χ4n) is 22.1. The Hall–Kier alpha value is -9.03. The number of fused-ring (bicyclic) bond motifs is 6. The number of nitrogens with zero attached hydrogens (tertiary/aromatic N) is 15. The Kier molecular flexibility index (Phi) is 24.7. The van der Waals surface area contributed by atoms with Gasteiger partial charge in [0, 0.05) is 112 Å². The summed E-state index contributed by atoms with van der Waals surface area (Å²) in [6.07, 6.45) is 27.5. The van der Waals surface area contributed by atoms with Crippen molar-refractivity contribution in [3.05, 3.63) is 145 Å². The zero-order valence-electron chi connectivity index (χ0n) is 75.8. The smallest absolute Gasteiger partial charge is 0.145 e. The van der Waals surface area contributed by atoms with E-state index in [1.165, 1.54) is 106 Å². The summed E-state index contributed by atoms with van der Waals surface area (Å²) >= 11 is 0. The maximum Gasteiger partial charge on any atom is 0.145 e. The summed E-state index contributed by atoms with van der Waals surface area (Å²) in [6.45, 7) is 29.3. The Bertz CT molecular complexity index is 5760. The number of aliphatic hydroxyl groups excluding tert-OH is 6. The summed E-state index contributed by atoms with van der Waals surface area (Å²) in [6, 6.07) is 26.8. The molecule has 9 heterocycles. The van der Waals surface area contributed by atoms with Crippen molar-refractivity contribution >= 4 is 83.7 Å². The lowest BCUT2D eigenvalue weighted by Gasteiger charge is -2.46. The van der Waals surface area contributed by atoms with Gasteiger partial charge in [0.15, 0.2) is 0 Å². The number of imidazole rings is 3. The second-order valence-corrected chi connectivity index (χ2v) is 42.8. The average Bonchev–Trinajstić information content (AvgIpc) is 1.17. The van der Waals surface area contributed by atoms with Crippen molar-refractivity contribution in [3.8, 4) is 0 Å². The molecule has 20 rings (SSSR count). The SMILES string of the molecule is CC(C)(C)c1ccc2nc(CCC3CC(N(CC4CC4)C[C@H]4C[C@@H](n5ccc6c(N)ncnc65)[C@H](O)[C@@H]4O)C3)[nH]c2c1.CC(C)(C)c1ccc2nc(CCC3CC(N(CC4CCC4)C[C@H]4C[C@@H](n5ccc6c(N)ncnc65)[C@H](O)[C@@H]4O)C3)[nH]c2c1.CC(C)N(C[C@H]1C[C@@H](n2ccc3c(N)ncnc32)[C@H](O)[C@@H]1O)C1CC(CCc2nc3ccc(C(C)(C)C)cc3[nH]2)C1. The van der Waals surface area contributed by atoms with Gasteiger partial charge in [-0.2, -0.15) is 0 Å². The molecule has 3 aromatic carbocycles. The van der Waals surface area contributed by atoms with E-state index in [-0.39, 0.29) is 52.1 Å². The molecule has 0 radical (unpaired) electrons. The first-order valence-corrected chi connectivity index (χ1v) is 47.3. The van der Waals surface area contributed by atoms with E-state index in [4.69, 9.17) is 32.2 Å². The molecule has 8 aliphatic rings. The van der Waals surface area contributed by atoms with E-state index in [1.807, 2.05) is 50.5 Å². The first kappa shape index (κ1) is 87.6. The second-order valence-electron chi connectivity index (χ2n) is 42.8. The third-order valence-corrected chi connectivity index (χ3v) is 30.7. The van der Waals surface area contributed by atoms with Gasteiger partial charge in [0.05, 0.1) is 85.7 Å². The molecule has 8 saturated carbocycles. The fraction of sp³-hybridized carbons (Fsp3) is 0.606. The average molecular weight is 1720 g/mol. The zero-order chi connectivity index (χ0) is 88.1. The number of aliphatic hydroxyl groups is 6. The van der Waals surface area contributed by atoms with Crippen LogP contribution < -0.4 is 17.2 Å². The molecule has 0 saturated heterocycles. The molecular weight excluding hydrogens is 1580 g/mol. The van der Waals surface area contributed by atoms with Crippen LogP contribution in [0.25, 0.3) is 66.2 Å². The third kappa shape index (κ3) is 18.4. The molecule has 12 aromatic rings. The van der Waals surface area contributed by atoms with Crippen LogP contribution in [-0.2, 0) is 35.5 Å². The Morgan fingerprint density at radius 2 is 0.698 bits per heavy atom. The van der Waals surface area contributed by atoms with Crippen LogP contribution in [0.1, 0.15) is 238 Å². The minimum absolute atomic E-state index is 0.0124. The normalized spacial score (nSPS) is 27.8. The van der Waals surface area contributed by atoms with Crippen LogP contribution >= 0.6 is 0 Å². The molecule has 9 aromatic heterocycles. The maximum absolute atomic E-state index is 11.2. The van der Waals surface area contributed by atoms with Gasteiger partial charge in [-0.05, 0) is 234 Å². The Morgan fingerprint density at radius 3 is 1.00 bits per heavy atom. The van der Waals surface area contributed by atoms with Crippen LogP contribution in [0.5, 0.6) is 0 Å².